The summed E-state index contributed by atoms with van der Waals surface area (Å²) in [5.41, 5.74) is 2.39. The number of rotatable bonds is 4. The average molecular weight is 397 g/mol. The Morgan fingerprint density at radius 2 is 1.59 bits per heavy atom. The van der Waals surface area contributed by atoms with Crippen molar-refractivity contribution in [1.82, 2.24) is 0 Å². The van der Waals surface area contributed by atoms with Crippen molar-refractivity contribution in [2.45, 2.75) is 32.0 Å². The maximum Gasteiger partial charge on any atom is 0.119 e. The van der Waals surface area contributed by atoms with E-state index in [0.29, 0.717) is 26.2 Å². The molecule has 1 aliphatic heterocycles. The number of benzene rings is 2. The smallest absolute Gasteiger partial charge is 0.119 e. The number of halogens is 1. The summed E-state index contributed by atoms with van der Waals surface area (Å²) in [6.07, 6.45) is 0.393. The molecule has 2 aromatic carbocycles. The van der Waals surface area contributed by atoms with Gasteiger partial charge in [0.2, 0.25) is 0 Å². The summed E-state index contributed by atoms with van der Waals surface area (Å²) in [7, 11) is 1.00. The summed E-state index contributed by atoms with van der Waals surface area (Å²) in [4.78, 5) is 0. The Kier molecular flexibility index (Phi) is 11.7. The van der Waals surface area contributed by atoms with Crippen LogP contribution in [0.5, 0.6) is 5.75 Å². The molecule has 0 bridgehead atoms. The minimum absolute atomic E-state index is 0.372. The summed E-state index contributed by atoms with van der Waals surface area (Å²) in [5, 5.41) is 25.4. The number of aliphatic hydroxyl groups is 3. The molecule has 1 aliphatic rings. The van der Waals surface area contributed by atoms with Crippen LogP contribution in [0, 0.1) is 0 Å². The second-order valence-corrected chi connectivity index (χ2v) is 6.33. The van der Waals surface area contributed by atoms with E-state index in [2.05, 4.69) is 18.2 Å². The van der Waals surface area contributed by atoms with Crippen molar-refractivity contribution in [3.8, 4) is 5.75 Å². The number of aliphatic hydroxyl groups excluding tert-OH is 3. The molecule has 0 aromatic heterocycles. The van der Waals surface area contributed by atoms with E-state index < -0.39 is 12.2 Å². The van der Waals surface area contributed by atoms with E-state index >= 15 is 0 Å². The lowest BCUT2D eigenvalue weighted by Gasteiger charge is -2.21. The third-order valence-electron chi connectivity index (χ3n) is 3.75. The highest BCUT2D eigenvalue weighted by atomic mass is 35.5. The van der Waals surface area contributed by atoms with Crippen LogP contribution in [0.4, 0.5) is 0 Å². The molecule has 0 aliphatic carbocycles. The van der Waals surface area contributed by atoms with E-state index in [4.69, 9.17) is 36.4 Å². The second kappa shape index (κ2) is 13.5. The summed E-state index contributed by atoms with van der Waals surface area (Å²) >= 11 is 6.13. The predicted octanol–water partition coefficient (Wildman–Crippen LogP) is 3.07. The van der Waals surface area contributed by atoms with Gasteiger partial charge in [-0.3, -0.25) is 0 Å². The van der Waals surface area contributed by atoms with Crippen LogP contribution in [0.3, 0.4) is 0 Å². The summed E-state index contributed by atoms with van der Waals surface area (Å²) in [6.45, 7) is 3.43. The SMILES string of the molecule is CCOc1ccc(Cc2ccccc2Cl)cc1.CO.OC1COC[C@H](O)C1. The fourth-order valence-electron chi connectivity index (χ4n) is 2.52. The van der Waals surface area contributed by atoms with Crippen LogP contribution in [0.25, 0.3) is 0 Å². The zero-order valence-electron chi connectivity index (χ0n) is 15.8. The molecule has 0 saturated carbocycles. The predicted molar refractivity (Wildman–Crippen MR) is 107 cm³/mol. The van der Waals surface area contributed by atoms with Crippen molar-refractivity contribution >= 4 is 11.6 Å². The van der Waals surface area contributed by atoms with Gasteiger partial charge in [-0.25, -0.2) is 0 Å². The summed E-state index contributed by atoms with van der Waals surface area (Å²) in [6, 6.07) is 16.1. The van der Waals surface area contributed by atoms with Gasteiger partial charge in [-0.2, -0.15) is 0 Å². The van der Waals surface area contributed by atoms with Crippen molar-refractivity contribution in [1.29, 1.82) is 0 Å². The molecule has 5 nitrogen and oxygen atoms in total. The van der Waals surface area contributed by atoms with Crippen molar-refractivity contribution < 1.29 is 24.8 Å². The van der Waals surface area contributed by atoms with Crippen LogP contribution in [-0.4, -0.2) is 54.5 Å². The molecule has 3 N–H and O–H groups in total. The highest BCUT2D eigenvalue weighted by Crippen LogP contribution is 2.20. The molecule has 2 atom stereocenters. The lowest BCUT2D eigenvalue weighted by atomic mass is 10.1. The Bertz CT molecular complexity index is 625. The van der Waals surface area contributed by atoms with E-state index in [1.807, 2.05) is 37.3 Å². The third kappa shape index (κ3) is 9.22. The molecule has 1 unspecified atom stereocenters. The average Bonchev–Trinajstić information content (AvgIpc) is 2.67. The third-order valence-corrected chi connectivity index (χ3v) is 4.12. The summed E-state index contributed by atoms with van der Waals surface area (Å²) < 4.78 is 10.2. The van der Waals surface area contributed by atoms with Crippen molar-refractivity contribution in [3.05, 3.63) is 64.7 Å². The standard InChI is InChI=1S/C15H15ClO.C5H10O3.CH4O/c1-2-17-14-9-7-12(8-10-14)11-13-5-3-4-6-15(13)16;6-4-1-5(7)3-8-2-4;1-2/h3-10H,2,11H2,1H3;4-7H,1-3H2;2H,1H3/t;4-,5?;/m.1./s1. The van der Waals surface area contributed by atoms with Gasteiger partial charge in [-0.05, 0) is 42.7 Å². The fraction of sp³-hybridized carbons (Fsp3) is 0.429. The molecule has 150 valence electrons. The van der Waals surface area contributed by atoms with Crippen LogP contribution in [0.2, 0.25) is 5.02 Å². The zero-order chi connectivity index (χ0) is 20.1. The lowest BCUT2D eigenvalue weighted by Crippen LogP contribution is -2.32. The quantitative estimate of drug-likeness (QED) is 0.740. The maximum absolute atomic E-state index is 8.79. The van der Waals surface area contributed by atoms with Crippen molar-refractivity contribution in [2.24, 2.45) is 0 Å². The minimum atomic E-state index is -0.459. The minimum Gasteiger partial charge on any atom is -0.494 e. The number of ether oxygens (including phenoxy) is 2. The Balaban J connectivity index is 0.000000305. The molecular formula is C21H29ClO5. The topological polar surface area (TPSA) is 79.2 Å². The van der Waals surface area contributed by atoms with Crippen LogP contribution in [0.1, 0.15) is 24.5 Å². The van der Waals surface area contributed by atoms with E-state index in [-0.39, 0.29) is 0 Å². The van der Waals surface area contributed by atoms with Gasteiger partial charge in [0, 0.05) is 18.6 Å². The molecule has 1 heterocycles. The lowest BCUT2D eigenvalue weighted by molar-refractivity contribution is -0.0714. The molecule has 1 saturated heterocycles. The molecular weight excluding hydrogens is 368 g/mol. The van der Waals surface area contributed by atoms with Crippen molar-refractivity contribution in [2.75, 3.05) is 26.9 Å². The molecule has 6 heteroatoms. The second-order valence-electron chi connectivity index (χ2n) is 5.93. The molecule has 0 spiro atoms. The van der Waals surface area contributed by atoms with Crippen LogP contribution in [0.15, 0.2) is 48.5 Å². The van der Waals surface area contributed by atoms with Gasteiger partial charge < -0.3 is 24.8 Å². The monoisotopic (exact) mass is 396 g/mol. The highest BCUT2D eigenvalue weighted by molar-refractivity contribution is 6.31. The Hall–Kier alpha value is -1.63. The van der Waals surface area contributed by atoms with E-state index in [9.17, 15) is 0 Å². The first-order chi connectivity index (χ1) is 13.1. The first-order valence-corrected chi connectivity index (χ1v) is 9.30. The molecule has 0 amide bonds. The van der Waals surface area contributed by atoms with Gasteiger partial charge in [-0.15, -0.1) is 0 Å². The summed E-state index contributed by atoms with van der Waals surface area (Å²) in [5.74, 6) is 0.912. The van der Waals surface area contributed by atoms with Crippen LogP contribution < -0.4 is 4.74 Å². The molecule has 2 aromatic rings. The van der Waals surface area contributed by atoms with Gasteiger partial charge in [0.05, 0.1) is 32.0 Å². The van der Waals surface area contributed by atoms with E-state index in [1.54, 1.807) is 0 Å². The Morgan fingerprint density at radius 3 is 2.07 bits per heavy atom. The van der Waals surface area contributed by atoms with Gasteiger partial charge >= 0.3 is 0 Å². The van der Waals surface area contributed by atoms with Crippen LogP contribution >= 0.6 is 11.6 Å². The largest absolute Gasteiger partial charge is 0.494 e. The maximum atomic E-state index is 8.79. The molecule has 3 rings (SSSR count). The van der Waals surface area contributed by atoms with E-state index in [0.717, 1.165) is 29.9 Å². The fourth-order valence-corrected chi connectivity index (χ4v) is 2.72. The molecule has 0 radical (unpaired) electrons. The Morgan fingerprint density at radius 1 is 1.00 bits per heavy atom. The molecule has 1 fully saturated rings. The first-order valence-electron chi connectivity index (χ1n) is 8.92. The zero-order valence-corrected chi connectivity index (χ0v) is 16.6. The first kappa shape index (κ1) is 23.4. The van der Waals surface area contributed by atoms with Gasteiger partial charge in [-0.1, -0.05) is 41.9 Å². The van der Waals surface area contributed by atoms with E-state index in [1.165, 1.54) is 5.56 Å². The van der Waals surface area contributed by atoms with Gasteiger partial charge in [0.25, 0.3) is 0 Å². The van der Waals surface area contributed by atoms with Gasteiger partial charge in [0.1, 0.15) is 5.75 Å². The van der Waals surface area contributed by atoms with Gasteiger partial charge in [0.15, 0.2) is 0 Å². The van der Waals surface area contributed by atoms with Crippen molar-refractivity contribution in [3.63, 3.8) is 0 Å². The number of hydrogen-bond acceptors (Lipinski definition) is 5. The van der Waals surface area contributed by atoms with Crippen LogP contribution in [-0.2, 0) is 11.2 Å². The number of hydrogen-bond donors (Lipinski definition) is 3. The normalized spacial score (nSPS) is 18.4. The molecule has 27 heavy (non-hydrogen) atoms. The Labute approximate surface area is 166 Å². The highest BCUT2D eigenvalue weighted by Gasteiger charge is 2.17.